The van der Waals surface area contributed by atoms with E-state index in [1.54, 1.807) is 0 Å². The second-order valence-electron chi connectivity index (χ2n) is 9.09. The van der Waals surface area contributed by atoms with Gasteiger partial charge < -0.3 is 10.2 Å². The van der Waals surface area contributed by atoms with Crippen molar-refractivity contribution in [3.63, 3.8) is 0 Å². The highest BCUT2D eigenvalue weighted by Crippen LogP contribution is 2.27. The van der Waals surface area contributed by atoms with Crippen LogP contribution in [-0.2, 0) is 4.74 Å². The van der Waals surface area contributed by atoms with Gasteiger partial charge in [-0.3, -0.25) is 10.0 Å². The molecule has 0 bridgehead atoms. The van der Waals surface area contributed by atoms with Crippen LogP contribution in [0.2, 0.25) is 0 Å². The summed E-state index contributed by atoms with van der Waals surface area (Å²) in [7, 11) is 2.03. The monoisotopic (exact) mass is 452 g/mol. The summed E-state index contributed by atoms with van der Waals surface area (Å²) in [5.74, 6) is 0.889. The van der Waals surface area contributed by atoms with E-state index < -0.39 is 0 Å². The molecule has 2 aliphatic rings. The Morgan fingerprint density at radius 2 is 1.88 bits per heavy atom. The molecule has 1 aliphatic carbocycles. The number of hydrogen-bond donors (Lipinski definition) is 2. The van der Waals surface area contributed by atoms with E-state index in [-0.39, 0.29) is 0 Å². The third-order valence-electron chi connectivity index (χ3n) is 6.04. The van der Waals surface area contributed by atoms with Crippen LogP contribution in [0.25, 0.3) is 0 Å². The van der Waals surface area contributed by atoms with Gasteiger partial charge in [-0.05, 0) is 89.0 Å². The van der Waals surface area contributed by atoms with E-state index in [1.807, 2.05) is 32.1 Å². The summed E-state index contributed by atoms with van der Waals surface area (Å²) >= 11 is 0. The number of aliphatic imine (C=N–C) groups is 1. The lowest BCUT2D eigenvalue weighted by Gasteiger charge is -2.24. The number of hydrazine groups is 2. The maximum absolute atomic E-state index is 6.30. The summed E-state index contributed by atoms with van der Waals surface area (Å²) in [5.41, 5.74) is 13.2. The third kappa shape index (κ3) is 8.73. The molecule has 33 heavy (non-hydrogen) atoms. The van der Waals surface area contributed by atoms with Crippen LogP contribution in [0.5, 0.6) is 0 Å². The molecular formula is C28H44N4O. The Labute approximate surface area is 201 Å². The lowest BCUT2D eigenvalue weighted by molar-refractivity contribution is 0.0876. The van der Waals surface area contributed by atoms with Gasteiger partial charge in [0, 0.05) is 19.0 Å². The molecule has 2 N–H and O–H groups in total. The quantitative estimate of drug-likeness (QED) is 0.190. The van der Waals surface area contributed by atoms with Gasteiger partial charge in [0.2, 0.25) is 0 Å². The molecule has 0 amide bonds. The van der Waals surface area contributed by atoms with Crippen molar-refractivity contribution in [1.82, 2.24) is 16.0 Å². The molecule has 5 heteroatoms. The molecule has 0 spiro atoms. The fraction of sp³-hybridized carbons (Fsp3) is 0.536. The number of nitrogens with one attached hydrogen (secondary N) is 2. The van der Waals surface area contributed by atoms with Gasteiger partial charge in [-0.1, -0.05) is 44.6 Å². The molecule has 0 radical (unpaired) electrons. The normalized spacial score (nSPS) is 18.8. The van der Waals surface area contributed by atoms with E-state index >= 15 is 0 Å². The first kappa shape index (κ1) is 26.7. The van der Waals surface area contributed by atoms with Crippen LogP contribution in [0.15, 0.2) is 75.9 Å². The van der Waals surface area contributed by atoms with Crippen molar-refractivity contribution in [2.24, 2.45) is 4.99 Å². The summed E-state index contributed by atoms with van der Waals surface area (Å²) < 4.78 is 6.30. The first-order chi connectivity index (χ1) is 15.8. The molecule has 1 saturated carbocycles. The minimum atomic E-state index is 0.314. The van der Waals surface area contributed by atoms with E-state index in [0.29, 0.717) is 6.10 Å². The molecule has 5 nitrogen and oxygen atoms in total. The minimum Gasteiger partial charge on any atom is -0.490 e. The third-order valence-corrected chi connectivity index (χ3v) is 6.04. The molecule has 1 aliphatic heterocycles. The highest BCUT2D eigenvalue weighted by Gasteiger charge is 2.20. The molecule has 0 saturated heterocycles. The average molecular weight is 453 g/mol. The van der Waals surface area contributed by atoms with Crippen molar-refractivity contribution < 1.29 is 4.74 Å². The molecule has 2 rings (SSSR count). The molecular weight excluding hydrogens is 408 g/mol. The molecule has 0 aromatic heterocycles. The maximum Gasteiger partial charge on any atom is 0.122 e. The zero-order valence-corrected chi connectivity index (χ0v) is 21.5. The molecule has 182 valence electrons. The van der Waals surface area contributed by atoms with Crippen molar-refractivity contribution in [3.05, 3.63) is 71.0 Å². The molecule has 0 atom stereocenters. The van der Waals surface area contributed by atoms with Gasteiger partial charge in [0.15, 0.2) is 0 Å². The Hall–Kier alpha value is -2.53. The highest BCUT2D eigenvalue weighted by molar-refractivity contribution is 5.55. The largest absolute Gasteiger partial charge is 0.490 e. The van der Waals surface area contributed by atoms with E-state index in [2.05, 4.69) is 61.2 Å². The maximum atomic E-state index is 6.30. The van der Waals surface area contributed by atoms with Crippen LogP contribution in [0.3, 0.4) is 0 Å². The Bertz CT molecular complexity index is 838. The average Bonchev–Trinajstić information content (AvgIpc) is 3.16. The molecule has 1 fully saturated rings. The fourth-order valence-electron chi connectivity index (χ4n) is 4.21. The van der Waals surface area contributed by atoms with Gasteiger partial charge in [-0.15, -0.1) is 5.53 Å². The molecule has 0 unspecified atom stereocenters. The van der Waals surface area contributed by atoms with Crippen LogP contribution >= 0.6 is 0 Å². The van der Waals surface area contributed by atoms with Crippen molar-refractivity contribution in [2.45, 2.75) is 91.6 Å². The Balaban J connectivity index is 2.17. The Kier molecular flexibility index (Phi) is 11.2. The molecule has 1 heterocycles. The summed E-state index contributed by atoms with van der Waals surface area (Å²) in [6, 6.07) is 0. The molecule has 0 aromatic carbocycles. The summed E-state index contributed by atoms with van der Waals surface area (Å²) in [5, 5.41) is 2.04. The van der Waals surface area contributed by atoms with Crippen molar-refractivity contribution in [2.75, 3.05) is 7.05 Å². The summed E-state index contributed by atoms with van der Waals surface area (Å²) in [6.45, 7) is 16.6. The summed E-state index contributed by atoms with van der Waals surface area (Å²) in [6.07, 6.45) is 18.4. The number of rotatable bonds is 12. The topological polar surface area (TPSA) is 48.9 Å². The molecule has 0 aromatic rings. The second kappa shape index (κ2) is 13.9. The number of nitrogens with zero attached hydrogens (tertiary/aromatic N) is 2. The number of hydrogen-bond acceptors (Lipinski definition) is 5. The predicted octanol–water partition coefficient (Wildman–Crippen LogP) is 7.02. The van der Waals surface area contributed by atoms with Crippen molar-refractivity contribution in [3.8, 4) is 0 Å². The van der Waals surface area contributed by atoms with E-state index in [4.69, 9.17) is 4.74 Å². The van der Waals surface area contributed by atoms with Crippen LogP contribution in [-0.4, -0.2) is 24.4 Å². The van der Waals surface area contributed by atoms with E-state index in [9.17, 15) is 0 Å². The fourth-order valence-corrected chi connectivity index (χ4v) is 4.21. The van der Waals surface area contributed by atoms with Gasteiger partial charge in [-0.2, -0.15) is 0 Å². The van der Waals surface area contributed by atoms with Gasteiger partial charge in [0.25, 0.3) is 0 Å². The van der Waals surface area contributed by atoms with Gasteiger partial charge in [-0.25, -0.2) is 0 Å². The summed E-state index contributed by atoms with van der Waals surface area (Å²) in [4.78, 5) is 4.58. The lowest BCUT2D eigenvalue weighted by Crippen LogP contribution is -2.34. The van der Waals surface area contributed by atoms with Crippen LogP contribution < -0.4 is 11.0 Å². The van der Waals surface area contributed by atoms with Crippen molar-refractivity contribution >= 4 is 6.21 Å². The Morgan fingerprint density at radius 1 is 1.15 bits per heavy atom. The van der Waals surface area contributed by atoms with Gasteiger partial charge in [0.1, 0.15) is 5.76 Å². The van der Waals surface area contributed by atoms with E-state index in [0.717, 1.165) is 72.4 Å². The SMILES string of the molecule is C=C(/C=C(/CCC1=C(/C(C)=C/C=C(/OC2CCCCC2)C(=C)C)NNN1C)N=CC)CCC. The first-order valence-corrected chi connectivity index (χ1v) is 12.4. The second-order valence-corrected chi connectivity index (χ2v) is 9.09. The van der Waals surface area contributed by atoms with Crippen LogP contribution in [0.4, 0.5) is 0 Å². The van der Waals surface area contributed by atoms with Gasteiger partial charge >= 0.3 is 0 Å². The predicted molar refractivity (Wildman–Crippen MR) is 141 cm³/mol. The van der Waals surface area contributed by atoms with E-state index in [1.165, 1.54) is 25.0 Å². The lowest BCUT2D eigenvalue weighted by atomic mass is 9.97. The highest BCUT2D eigenvalue weighted by atomic mass is 16.5. The minimum absolute atomic E-state index is 0.314. The van der Waals surface area contributed by atoms with Crippen molar-refractivity contribution in [1.29, 1.82) is 0 Å². The number of ether oxygens (including phenoxy) is 1. The van der Waals surface area contributed by atoms with Gasteiger partial charge in [0.05, 0.1) is 17.5 Å². The standard InChI is InChI=1S/C28H44N4O/c1-8-13-22(5)20-24(29-9-2)17-18-26-28(30-31-32(26)7)23(6)16-19-27(21(3)4)33-25-14-11-10-12-15-25/h9,16,19-20,25,30-31H,3,5,8,10-15,17-18H2,1-2,4,6-7H3/b23-16+,24-20-,27-19+,29-9?. The Morgan fingerprint density at radius 3 is 2.52 bits per heavy atom. The zero-order chi connectivity index (χ0) is 24.2. The zero-order valence-electron chi connectivity index (χ0n) is 21.5. The van der Waals surface area contributed by atoms with Crippen LogP contribution in [0, 0.1) is 0 Å². The first-order valence-electron chi connectivity index (χ1n) is 12.4. The number of allylic oxidation sites excluding steroid dienone is 8. The van der Waals surface area contributed by atoms with Crippen LogP contribution in [0.1, 0.15) is 85.5 Å². The smallest absolute Gasteiger partial charge is 0.122 e.